The molecule has 20 heavy (non-hydrogen) atoms. The number of alkyl halides is 3. The van der Waals surface area contributed by atoms with Crippen LogP contribution in [0.25, 0.3) is 0 Å². The van der Waals surface area contributed by atoms with E-state index < -0.39 is 12.0 Å². The first kappa shape index (κ1) is 14.8. The molecule has 1 aliphatic heterocycles. The summed E-state index contributed by atoms with van der Waals surface area (Å²) in [6, 6.07) is 1.33. The van der Waals surface area contributed by atoms with E-state index in [9.17, 15) is 13.2 Å². The number of nitrogens with zero attached hydrogens (tertiary/aromatic N) is 3. The maximum Gasteiger partial charge on any atom is 0.451 e. The number of halogens is 3. The van der Waals surface area contributed by atoms with Crippen molar-refractivity contribution < 1.29 is 17.9 Å². The van der Waals surface area contributed by atoms with Crippen LogP contribution in [-0.2, 0) is 10.9 Å². The van der Waals surface area contributed by atoms with Crippen LogP contribution in [0.4, 0.5) is 24.8 Å². The number of anilines is 2. The second kappa shape index (κ2) is 5.82. The van der Waals surface area contributed by atoms with Crippen molar-refractivity contribution in [1.82, 2.24) is 9.97 Å². The van der Waals surface area contributed by atoms with E-state index in [-0.39, 0.29) is 17.7 Å². The molecule has 0 bridgehead atoms. The van der Waals surface area contributed by atoms with Gasteiger partial charge in [0.1, 0.15) is 11.6 Å². The summed E-state index contributed by atoms with van der Waals surface area (Å²) in [7, 11) is 1.67. The molecule has 0 radical (unpaired) electrons. The molecule has 112 valence electrons. The molecule has 1 saturated heterocycles. The van der Waals surface area contributed by atoms with Crippen molar-refractivity contribution in [3.63, 3.8) is 0 Å². The van der Waals surface area contributed by atoms with Crippen LogP contribution in [0.2, 0.25) is 0 Å². The average molecular weight is 290 g/mol. The molecule has 5 nitrogen and oxygen atoms in total. The summed E-state index contributed by atoms with van der Waals surface area (Å²) >= 11 is 0. The van der Waals surface area contributed by atoms with E-state index in [4.69, 9.17) is 10.5 Å². The van der Waals surface area contributed by atoms with Crippen LogP contribution < -0.4 is 10.6 Å². The zero-order chi connectivity index (χ0) is 14.8. The smallest absolute Gasteiger partial charge is 0.384 e. The van der Waals surface area contributed by atoms with Crippen molar-refractivity contribution >= 4 is 11.6 Å². The minimum absolute atomic E-state index is 0.0132. The highest BCUT2D eigenvalue weighted by Gasteiger charge is 2.35. The van der Waals surface area contributed by atoms with Crippen LogP contribution in [0.15, 0.2) is 6.07 Å². The number of ether oxygens (including phenoxy) is 1. The van der Waals surface area contributed by atoms with E-state index >= 15 is 0 Å². The molecule has 8 heteroatoms. The summed E-state index contributed by atoms with van der Waals surface area (Å²) in [5.74, 6) is -1.26. The molecule has 1 aromatic heterocycles. The van der Waals surface area contributed by atoms with Crippen LogP contribution in [0.1, 0.15) is 25.1 Å². The number of nitrogens with two attached hydrogens (primary N) is 1. The largest absolute Gasteiger partial charge is 0.451 e. The van der Waals surface area contributed by atoms with Gasteiger partial charge in [0.25, 0.3) is 0 Å². The Hall–Kier alpha value is -1.57. The van der Waals surface area contributed by atoms with Gasteiger partial charge in [0, 0.05) is 26.3 Å². The molecule has 1 unspecified atom stereocenters. The summed E-state index contributed by atoms with van der Waals surface area (Å²) in [5, 5.41) is 0. The molecule has 0 amide bonds. The van der Waals surface area contributed by atoms with Gasteiger partial charge >= 0.3 is 6.18 Å². The number of nitrogen functional groups attached to an aromatic ring is 1. The standard InChI is InChI=1S/C12H17F3N4O/c1-19(7-8-4-2-3-5-20-8)10-6-9(16)17-11(18-10)12(13,14)15/h6,8H,2-5,7H2,1H3,(H2,16,17,18). The molecule has 0 aromatic carbocycles. The summed E-state index contributed by atoms with van der Waals surface area (Å²) in [6.45, 7) is 1.17. The van der Waals surface area contributed by atoms with Gasteiger partial charge in [-0.25, -0.2) is 9.97 Å². The normalized spacial score (nSPS) is 19.9. The molecule has 1 aliphatic rings. The fourth-order valence-electron chi connectivity index (χ4n) is 2.13. The van der Waals surface area contributed by atoms with E-state index in [0.717, 1.165) is 19.3 Å². The van der Waals surface area contributed by atoms with E-state index in [0.29, 0.717) is 13.2 Å². The van der Waals surface area contributed by atoms with E-state index in [1.165, 1.54) is 6.07 Å². The molecular formula is C12H17F3N4O. The highest BCUT2D eigenvalue weighted by molar-refractivity contribution is 5.46. The van der Waals surface area contributed by atoms with Crippen LogP contribution in [-0.4, -0.2) is 36.3 Å². The molecule has 1 aromatic rings. The van der Waals surface area contributed by atoms with Crippen molar-refractivity contribution in [3.05, 3.63) is 11.9 Å². The molecule has 2 N–H and O–H groups in total. The van der Waals surface area contributed by atoms with E-state index in [2.05, 4.69) is 9.97 Å². The van der Waals surface area contributed by atoms with Crippen molar-refractivity contribution in [1.29, 1.82) is 0 Å². The Balaban J connectivity index is 2.12. The third kappa shape index (κ3) is 3.72. The van der Waals surface area contributed by atoms with Gasteiger partial charge in [-0.05, 0) is 19.3 Å². The third-order valence-corrected chi connectivity index (χ3v) is 3.13. The third-order valence-electron chi connectivity index (χ3n) is 3.13. The summed E-state index contributed by atoms with van der Waals surface area (Å²) in [5.41, 5.74) is 5.42. The maximum atomic E-state index is 12.6. The van der Waals surface area contributed by atoms with Gasteiger partial charge in [-0.3, -0.25) is 0 Å². The van der Waals surface area contributed by atoms with Gasteiger partial charge in [0.05, 0.1) is 6.10 Å². The predicted octanol–water partition coefficient (Wildman–Crippen LogP) is 2.08. The van der Waals surface area contributed by atoms with Crippen molar-refractivity contribution in [2.45, 2.75) is 31.5 Å². The second-order valence-electron chi connectivity index (χ2n) is 4.84. The Morgan fingerprint density at radius 2 is 2.15 bits per heavy atom. The van der Waals surface area contributed by atoms with Gasteiger partial charge in [-0.15, -0.1) is 0 Å². The predicted molar refractivity (Wildman–Crippen MR) is 68.3 cm³/mol. The Labute approximate surface area is 114 Å². The number of aromatic nitrogens is 2. The molecular weight excluding hydrogens is 273 g/mol. The number of rotatable bonds is 3. The molecule has 1 atom stereocenters. The fourth-order valence-corrected chi connectivity index (χ4v) is 2.13. The number of likely N-dealkylation sites (N-methyl/N-ethyl adjacent to an activating group) is 1. The lowest BCUT2D eigenvalue weighted by Gasteiger charge is -2.28. The summed E-state index contributed by atoms with van der Waals surface area (Å²) in [6.07, 6.45) is -1.60. The Morgan fingerprint density at radius 1 is 1.40 bits per heavy atom. The van der Waals surface area contributed by atoms with Crippen LogP contribution in [0.3, 0.4) is 0 Å². The van der Waals surface area contributed by atoms with Gasteiger partial charge in [0.15, 0.2) is 0 Å². The second-order valence-corrected chi connectivity index (χ2v) is 4.84. The molecule has 0 spiro atoms. The lowest BCUT2D eigenvalue weighted by Crippen LogP contribution is -2.34. The van der Waals surface area contributed by atoms with Gasteiger partial charge in [0.2, 0.25) is 5.82 Å². The summed E-state index contributed by atoms with van der Waals surface area (Å²) < 4.78 is 43.5. The molecule has 0 aliphatic carbocycles. The molecule has 0 saturated carbocycles. The zero-order valence-corrected chi connectivity index (χ0v) is 11.2. The Morgan fingerprint density at radius 3 is 2.75 bits per heavy atom. The maximum absolute atomic E-state index is 12.6. The SMILES string of the molecule is CN(CC1CCCCO1)c1cc(N)nc(C(F)(F)F)n1. The highest BCUT2D eigenvalue weighted by Crippen LogP contribution is 2.28. The average Bonchev–Trinajstić information content (AvgIpc) is 2.38. The lowest BCUT2D eigenvalue weighted by molar-refractivity contribution is -0.144. The van der Waals surface area contributed by atoms with Gasteiger partial charge in [-0.1, -0.05) is 0 Å². The van der Waals surface area contributed by atoms with Gasteiger partial charge in [-0.2, -0.15) is 13.2 Å². The Bertz CT molecular complexity index is 461. The van der Waals surface area contributed by atoms with E-state index in [1.54, 1.807) is 11.9 Å². The van der Waals surface area contributed by atoms with Crippen molar-refractivity contribution in [2.75, 3.05) is 30.8 Å². The lowest BCUT2D eigenvalue weighted by atomic mass is 10.1. The quantitative estimate of drug-likeness (QED) is 0.923. The number of hydrogen-bond donors (Lipinski definition) is 1. The van der Waals surface area contributed by atoms with Gasteiger partial charge < -0.3 is 15.4 Å². The van der Waals surface area contributed by atoms with Crippen molar-refractivity contribution in [2.24, 2.45) is 0 Å². The fraction of sp³-hybridized carbons (Fsp3) is 0.667. The molecule has 2 rings (SSSR count). The van der Waals surface area contributed by atoms with Crippen molar-refractivity contribution in [3.8, 4) is 0 Å². The molecule has 1 fully saturated rings. The Kier molecular flexibility index (Phi) is 4.32. The number of hydrogen-bond acceptors (Lipinski definition) is 5. The zero-order valence-electron chi connectivity index (χ0n) is 11.2. The first-order valence-corrected chi connectivity index (χ1v) is 6.41. The first-order chi connectivity index (χ1) is 9.36. The minimum atomic E-state index is -4.60. The first-order valence-electron chi connectivity index (χ1n) is 6.41. The minimum Gasteiger partial charge on any atom is -0.384 e. The topological polar surface area (TPSA) is 64.3 Å². The van der Waals surface area contributed by atoms with E-state index in [1.807, 2.05) is 0 Å². The van der Waals surface area contributed by atoms with Crippen LogP contribution >= 0.6 is 0 Å². The molecule has 2 heterocycles. The monoisotopic (exact) mass is 290 g/mol. The van der Waals surface area contributed by atoms with Crippen LogP contribution in [0.5, 0.6) is 0 Å². The highest BCUT2D eigenvalue weighted by atomic mass is 19.4. The summed E-state index contributed by atoms with van der Waals surface area (Å²) in [4.78, 5) is 8.36. The van der Waals surface area contributed by atoms with Crippen LogP contribution in [0, 0.1) is 0 Å².